The lowest BCUT2D eigenvalue weighted by Gasteiger charge is -2.32. The molecule has 23 nitrogen and oxygen atoms in total. The van der Waals surface area contributed by atoms with Crippen molar-refractivity contribution in [2.75, 3.05) is 26.7 Å². The number of thiophene rings is 1. The first-order valence-corrected chi connectivity index (χ1v) is 23.7. The largest absolute Gasteiger partial charge is 0.370 e. The molecule has 24 heteroatoms. The summed E-state index contributed by atoms with van der Waals surface area (Å²) in [5, 5.41) is 13.5. The molecule has 4 rings (SSSR count). The molecule has 1 aromatic carbocycles. The lowest BCUT2D eigenvalue weighted by Crippen LogP contribution is -2.59. The van der Waals surface area contributed by atoms with Crippen molar-refractivity contribution in [2.45, 2.75) is 114 Å². The Morgan fingerprint density at radius 2 is 1.42 bits per heavy atom. The zero-order valence-electron chi connectivity index (χ0n) is 39.3. The van der Waals surface area contributed by atoms with Gasteiger partial charge in [-0.3, -0.25) is 48.3 Å². The van der Waals surface area contributed by atoms with E-state index in [1.54, 1.807) is 13.2 Å². The predicted octanol–water partition coefficient (Wildman–Crippen LogP) is -1.71. The molecule has 376 valence electrons. The maximum atomic E-state index is 14.6. The van der Waals surface area contributed by atoms with Crippen LogP contribution < -0.4 is 55.7 Å². The number of nitrogens with one attached hydrogen (secondary N) is 5. The average molecular weight is 978 g/mol. The number of aromatic nitrogens is 1. The number of primary amides is 2. The van der Waals surface area contributed by atoms with Crippen LogP contribution in [-0.4, -0.2) is 137 Å². The molecule has 0 radical (unpaired) electrons. The summed E-state index contributed by atoms with van der Waals surface area (Å²) >= 11 is 1.42. The van der Waals surface area contributed by atoms with Crippen molar-refractivity contribution >= 4 is 81.4 Å². The molecule has 0 aliphatic carbocycles. The quantitative estimate of drug-likeness (QED) is 0.0231. The van der Waals surface area contributed by atoms with Gasteiger partial charge in [0.15, 0.2) is 11.9 Å². The van der Waals surface area contributed by atoms with Gasteiger partial charge in [0.05, 0.1) is 12.8 Å². The summed E-state index contributed by atoms with van der Waals surface area (Å²) in [5.74, 6) is -6.13. The SMILES string of the molecule is CC(C)C[C@H](NC(=O)[C@H](Cc1c[nH]c2ccccc12)N(C)C(=O)Cc1cccs1)C(=O)N[C@@H](CCCN=C(N)N)C(=O)N1CCC[C@H]1C(=O)N[C@@H](CCCN=C(N)N)C(=O)N[C@@H](CC(N)=O)C(N)=O. The molecule has 17 N–H and O–H groups in total. The van der Waals surface area contributed by atoms with Crippen molar-refractivity contribution in [1.29, 1.82) is 0 Å². The van der Waals surface area contributed by atoms with Crippen LogP contribution in [0.3, 0.4) is 0 Å². The number of guanidine groups is 2. The van der Waals surface area contributed by atoms with Crippen LogP contribution in [0.15, 0.2) is 58.0 Å². The minimum atomic E-state index is -1.46. The van der Waals surface area contributed by atoms with Gasteiger partial charge in [0.2, 0.25) is 47.3 Å². The highest BCUT2D eigenvalue weighted by atomic mass is 32.1. The molecule has 2 aromatic heterocycles. The number of hydrogen-bond donors (Lipinski definition) is 11. The molecular weight excluding hydrogens is 911 g/mol. The zero-order chi connectivity index (χ0) is 50.8. The van der Waals surface area contributed by atoms with Crippen LogP contribution in [0.2, 0.25) is 0 Å². The van der Waals surface area contributed by atoms with E-state index >= 15 is 0 Å². The van der Waals surface area contributed by atoms with E-state index in [1.807, 2.05) is 55.6 Å². The number of amides is 8. The molecule has 6 atom stereocenters. The number of aromatic amines is 1. The Balaban J connectivity index is 1.59. The number of H-pyrrole nitrogens is 1. The van der Waals surface area contributed by atoms with Gasteiger partial charge in [0.1, 0.15) is 36.3 Å². The standard InChI is InChI=1S/C45H67N15O8S/c1-25(2)20-33(58-42(67)35(59(3)37(62)22-27-10-9-19-69-27)21-26-24-54-29-12-5-4-11-28(26)29)40(65)56-31(14-7-17-53-45(50)51)43(68)60-18-8-15-34(60)41(66)55-30(13-6-16-52-44(48)49)39(64)57-32(38(47)63)23-36(46)61/h4-5,9-12,19,24-25,30-35,54H,6-8,13-18,20-23H2,1-3H3,(H2,46,61)(H2,47,63)(H,55,66)(H,56,65)(H,57,64)(H,58,67)(H4,48,49,52)(H4,50,51,53)/t30-,31-,32-,33-,34-,35-/m0/s1. The zero-order valence-corrected chi connectivity index (χ0v) is 40.1. The van der Waals surface area contributed by atoms with E-state index in [9.17, 15) is 38.4 Å². The van der Waals surface area contributed by atoms with Gasteiger partial charge in [-0.25, -0.2) is 0 Å². The van der Waals surface area contributed by atoms with E-state index in [1.165, 1.54) is 21.1 Å². The minimum Gasteiger partial charge on any atom is -0.370 e. The van der Waals surface area contributed by atoms with Crippen LogP contribution in [-0.2, 0) is 51.2 Å². The normalized spacial score (nSPS) is 15.5. The Morgan fingerprint density at radius 3 is 2.03 bits per heavy atom. The second-order valence-electron chi connectivity index (χ2n) is 17.4. The molecule has 1 saturated heterocycles. The number of fused-ring (bicyclic) bond motifs is 1. The van der Waals surface area contributed by atoms with Crippen LogP contribution in [0.4, 0.5) is 0 Å². The van der Waals surface area contributed by atoms with Gasteiger partial charge >= 0.3 is 0 Å². The second-order valence-corrected chi connectivity index (χ2v) is 18.4. The van der Waals surface area contributed by atoms with Gasteiger partial charge in [-0.2, -0.15) is 0 Å². The molecule has 3 aromatic rings. The van der Waals surface area contributed by atoms with Crippen LogP contribution in [0.5, 0.6) is 0 Å². The highest BCUT2D eigenvalue weighted by molar-refractivity contribution is 7.10. The molecule has 0 unspecified atom stereocenters. The smallest absolute Gasteiger partial charge is 0.245 e. The fraction of sp³-hybridized carbons (Fsp3) is 0.511. The van der Waals surface area contributed by atoms with Crippen molar-refractivity contribution in [2.24, 2.45) is 50.3 Å². The fourth-order valence-electron chi connectivity index (χ4n) is 8.02. The summed E-state index contributed by atoms with van der Waals surface area (Å²) in [6, 6.07) is 3.98. The van der Waals surface area contributed by atoms with Crippen molar-refractivity contribution < 1.29 is 38.4 Å². The third-order valence-electron chi connectivity index (χ3n) is 11.5. The molecule has 0 bridgehead atoms. The summed E-state index contributed by atoms with van der Waals surface area (Å²) in [7, 11) is 1.56. The Bertz CT molecular complexity index is 2330. The summed E-state index contributed by atoms with van der Waals surface area (Å²) < 4.78 is 0. The van der Waals surface area contributed by atoms with E-state index in [0.717, 1.165) is 21.3 Å². The summed E-state index contributed by atoms with van der Waals surface area (Å²) in [5.41, 5.74) is 34.3. The molecule has 1 fully saturated rings. The van der Waals surface area contributed by atoms with Gasteiger partial charge in [0.25, 0.3) is 0 Å². The molecule has 69 heavy (non-hydrogen) atoms. The molecule has 8 amide bonds. The van der Waals surface area contributed by atoms with Crippen LogP contribution in [0.25, 0.3) is 10.9 Å². The number of para-hydroxylation sites is 1. The predicted molar refractivity (Wildman–Crippen MR) is 261 cm³/mol. The average Bonchev–Trinajstić information content (AvgIpc) is 4.08. The van der Waals surface area contributed by atoms with Crippen molar-refractivity contribution in [3.8, 4) is 0 Å². The first kappa shape index (κ1) is 54.4. The van der Waals surface area contributed by atoms with E-state index in [2.05, 4.69) is 36.2 Å². The first-order chi connectivity index (χ1) is 32.7. The number of rotatable bonds is 27. The van der Waals surface area contributed by atoms with Crippen molar-refractivity contribution in [3.63, 3.8) is 0 Å². The molecular formula is C45H67N15O8S. The number of carbonyl (C=O) groups is 8. The Kier molecular flexibility index (Phi) is 20.8. The number of hydrogen-bond acceptors (Lipinski definition) is 11. The number of carbonyl (C=O) groups excluding carboxylic acids is 8. The number of likely N-dealkylation sites (tertiary alicyclic amines) is 1. The van der Waals surface area contributed by atoms with Gasteiger partial charge in [0, 0.05) is 55.1 Å². The third-order valence-corrected chi connectivity index (χ3v) is 12.4. The maximum Gasteiger partial charge on any atom is 0.245 e. The van der Waals surface area contributed by atoms with Crippen LogP contribution in [0, 0.1) is 5.92 Å². The lowest BCUT2D eigenvalue weighted by molar-refractivity contribution is -0.143. The summed E-state index contributed by atoms with van der Waals surface area (Å²) in [6.07, 6.45) is 2.59. The Hall–Kier alpha value is -7.24. The number of nitrogens with zero attached hydrogens (tertiary/aromatic N) is 4. The van der Waals surface area contributed by atoms with Gasteiger partial charge in [-0.05, 0) is 73.9 Å². The molecule has 0 spiro atoms. The Labute approximate surface area is 404 Å². The Morgan fingerprint density at radius 1 is 0.797 bits per heavy atom. The van der Waals surface area contributed by atoms with Crippen LogP contribution in [0.1, 0.15) is 75.7 Å². The third kappa shape index (κ3) is 16.8. The maximum absolute atomic E-state index is 14.6. The molecule has 1 aliphatic heterocycles. The van der Waals surface area contributed by atoms with E-state index in [0.29, 0.717) is 6.42 Å². The summed E-state index contributed by atoms with van der Waals surface area (Å²) in [4.78, 5) is 123. The number of nitrogens with two attached hydrogens (primary N) is 6. The van der Waals surface area contributed by atoms with Crippen LogP contribution >= 0.6 is 11.3 Å². The summed E-state index contributed by atoms with van der Waals surface area (Å²) in [6.45, 7) is 4.06. The van der Waals surface area contributed by atoms with E-state index < -0.39 is 84.0 Å². The van der Waals surface area contributed by atoms with Crippen molar-refractivity contribution in [3.05, 3.63) is 58.4 Å². The molecule has 3 heterocycles. The fourth-order valence-corrected chi connectivity index (χ4v) is 8.71. The lowest BCUT2D eigenvalue weighted by atomic mass is 9.99. The van der Waals surface area contributed by atoms with E-state index in [4.69, 9.17) is 34.4 Å². The molecule has 1 aliphatic rings. The molecule has 0 saturated carbocycles. The van der Waals surface area contributed by atoms with Crippen molar-refractivity contribution in [1.82, 2.24) is 36.1 Å². The highest BCUT2D eigenvalue weighted by Crippen LogP contribution is 2.23. The van der Waals surface area contributed by atoms with E-state index in [-0.39, 0.29) is 94.7 Å². The second kappa shape index (κ2) is 26.3. The highest BCUT2D eigenvalue weighted by Gasteiger charge is 2.40. The number of likely N-dealkylation sites (N-methyl/N-ethyl adjacent to an activating group) is 1. The number of benzene rings is 1. The first-order valence-electron chi connectivity index (χ1n) is 22.8. The van der Waals surface area contributed by atoms with Gasteiger partial charge in [-0.1, -0.05) is 38.1 Å². The number of aliphatic imine (C=N–C) groups is 2. The van der Waals surface area contributed by atoms with Gasteiger partial charge < -0.3 is 70.5 Å². The topological polar surface area (TPSA) is 388 Å². The van der Waals surface area contributed by atoms with Gasteiger partial charge in [-0.15, -0.1) is 11.3 Å². The monoisotopic (exact) mass is 978 g/mol. The minimum absolute atomic E-state index is 0.0231.